The first-order chi connectivity index (χ1) is 5.85. The van der Waals surface area contributed by atoms with Gasteiger partial charge in [0.05, 0.1) is 6.61 Å². The summed E-state index contributed by atoms with van der Waals surface area (Å²) in [5.74, 6) is 5.94. The standard InChI is InChI=1S/C10H19NO/c1-4-6-7-10(9-12-3)11-8-5-2/h10-11H,5,7-9H2,1-3H3. The summed E-state index contributed by atoms with van der Waals surface area (Å²) < 4.78 is 5.07. The van der Waals surface area contributed by atoms with Gasteiger partial charge >= 0.3 is 0 Å². The Morgan fingerprint density at radius 3 is 2.75 bits per heavy atom. The van der Waals surface area contributed by atoms with Gasteiger partial charge in [0.25, 0.3) is 0 Å². The van der Waals surface area contributed by atoms with Crippen molar-refractivity contribution in [1.82, 2.24) is 5.32 Å². The summed E-state index contributed by atoms with van der Waals surface area (Å²) in [5.41, 5.74) is 0. The fourth-order valence-corrected chi connectivity index (χ4v) is 0.965. The summed E-state index contributed by atoms with van der Waals surface area (Å²) >= 11 is 0. The summed E-state index contributed by atoms with van der Waals surface area (Å²) in [6.45, 7) is 5.81. The Hall–Kier alpha value is -0.520. The second-order valence-corrected chi connectivity index (χ2v) is 2.74. The highest BCUT2D eigenvalue weighted by molar-refractivity contribution is 4.98. The van der Waals surface area contributed by atoms with E-state index in [1.165, 1.54) is 0 Å². The molecular weight excluding hydrogens is 150 g/mol. The number of hydrogen-bond donors (Lipinski definition) is 1. The van der Waals surface area contributed by atoms with Crippen LogP contribution in [0.2, 0.25) is 0 Å². The Bertz CT molecular complexity index is 146. The van der Waals surface area contributed by atoms with Gasteiger partial charge in [0, 0.05) is 19.6 Å². The summed E-state index contributed by atoms with van der Waals surface area (Å²) in [4.78, 5) is 0. The minimum atomic E-state index is 0.391. The van der Waals surface area contributed by atoms with Gasteiger partial charge in [-0.15, -0.1) is 11.8 Å². The van der Waals surface area contributed by atoms with E-state index >= 15 is 0 Å². The van der Waals surface area contributed by atoms with E-state index in [0.717, 1.165) is 26.0 Å². The van der Waals surface area contributed by atoms with Crippen molar-refractivity contribution in [2.75, 3.05) is 20.3 Å². The smallest absolute Gasteiger partial charge is 0.0625 e. The van der Waals surface area contributed by atoms with Crippen molar-refractivity contribution in [3.05, 3.63) is 0 Å². The number of nitrogens with one attached hydrogen (secondary N) is 1. The van der Waals surface area contributed by atoms with Crippen molar-refractivity contribution < 1.29 is 4.74 Å². The average molecular weight is 169 g/mol. The van der Waals surface area contributed by atoms with E-state index in [1.54, 1.807) is 7.11 Å². The molecule has 2 nitrogen and oxygen atoms in total. The van der Waals surface area contributed by atoms with Crippen LogP contribution in [0.15, 0.2) is 0 Å². The zero-order valence-electron chi connectivity index (χ0n) is 8.31. The largest absolute Gasteiger partial charge is 0.383 e. The molecule has 1 N–H and O–H groups in total. The molecule has 0 bridgehead atoms. The molecule has 2 heteroatoms. The quantitative estimate of drug-likeness (QED) is 0.607. The second-order valence-electron chi connectivity index (χ2n) is 2.74. The summed E-state index contributed by atoms with van der Waals surface area (Å²) in [7, 11) is 1.72. The molecule has 0 aromatic rings. The van der Waals surface area contributed by atoms with Crippen LogP contribution in [0.5, 0.6) is 0 Å². The number of ether oxygens (including phenoxy) is 1. The van der Waals surface area contributed by atoms with E-state index in [0.29, 0.717) is 6.04 Å². The first-order valence-electron chi connectivity index (χ1n) is 4.47. The van der Waals surface area contributed by atoms with Crippen LogP contribution in [0.1, 0.15) is 26.7 Å². The van der Waals surface area contributed by atoms with Gasteiger partial charge in [-0.1, -0.05) is 6.92 Å². The minimum Gasteiger partial charge on any atom is -0.383 e. The molecule has 1 unspecified atom stereocenters. The Labute approximate surface area is 75.7 Å². The van der Waals surface area contributed by atoms with E-state index in [1.807, 2.05) is 6.92 Å². The van der Waals surface area contributed by atoms with Gasteiger partial charge in [-0.05, 0) is 19.9 Å². The fourth-order valence-electron chi connectivity index (χ4n) is 0.965. The van der Waals surface area contributed by atoms with Crippen molar-refractivity contribution in [3.63, 3.8) is 0 Å². The first kappa shape index (κ1) is 11.5. The third kappa shape index (κ3) is 6.21. The zero-order valence-corrected chi connectivity index (χ0v) is 8.31. The van der Waals surface area contributed by atoms with Crippen LogP contribution in [0.25, 0.3) is 0 Å². The van der Waals surface area contributed by atoms with Gasteiger partial charge in [0.2, 0.25) is 0 Å². The Balaban J connectivity index is 3.58. The lowest BCUT2D eigenvalue weighted by Gasteiger charge is -2.14. The number of hydrogen-bond acceptors (Lipinski definition) is 2. The van der Waals surface area contributed by atoms with Gasteiger partial charge in [0.1, 0.15) is 0 Å². The predicted octanol–water partition coefficient (Wildman–Crippen LogP) is 1.41. The SMILES string of the molecule is CC#CCC(COC)NCCC. The van der Waals surface area contributed by atoms with Crippen LogP contribution in [0.3, 0.4) is 0 Å². The molecule has 0 radical (unpaired) electrons. The van der Waals surface area contributed by atoms with E-state index < -0.39 is 0 Å². The maximum Gasteiger partial charge on any atom is 0.0625 e. The summed E-state index contributed by atoms with van der Waals surface area (Å²) in [6.07, 6.45) is 2.03. The van der Waals surface area contributed by atoms with Gasteiger partial charge in [-0.2, -0.15) is 0 Å². The number of methoxy groups -OCH3 is 1. The van der Waals surface area contributed by atoms with E-state index in [2.05, 4.69) is 24.1 Å². The fraction of sp³-hybridized carbons (Fsp3) is 0.800. The molecule has 0 aromatic carbocycles. The summed E-state index contributed by atoms with van der Waals surface area (Å²) in [5, 5.41) is 3.38. The Kier molecular flexibility index (Phi) is 8.20. The molecule has 0 aliphatic carbocycles. The maximum atomic E-state index is 5.07. The lowest BCUT2D eigenvalue weighted by atomic mass is 10.2. The molecular formula is C10H19NO. The molecule has 0 saturated carbocycles. The minimum absolute atomic E-state index is 0.391. The summed E-state index contributed by atoms with van der Waals surface area (Å²) in [6, 6.07) is 0.391. The molecule has 0 rings (SSSR count). The second kappa shape index (κ2) is 8.58. The molecule has 0 aliphatic heterocycles. The van der Waals surface area contributed by atoms with Gasteiger partial charge < -0.3 is 10.1 Å². The zero-order chi connectivity index (χ0) is 9.23. The molecule has 12 heavy (non-hydrogen) atoms. The van der Waals surface area contributed by atoms with Crippen LogP contribution in [-0.2, 0) is 4.74 Å². The highest BCUT2D eigenvalue weighted by Gasteiger charge is 2.03. The van der Waals surface area contributed by atoms with Crippen LogP contribution >= 0.6 is 0 Å². The van der Waals surface area contributed by atoms with Crippen molar-refractivity contribution in [3.8, 4) is 11.8 Å². The topological polar surface area (TPSA) is 21.3 Å². The van der Waals surface area contributed by atoms with Crippen molar-refractivity contribution in [1.29, 1.82) is 0 Å². The molecule has 0 amide bonds. The molecule has 0 fully saturated rings. The van der Waals surface area contributed by atoms with Gasteiger partial charge in [0.15, 0.2) is 0 Å². The maximum absolute atomic E-state index is 5.07. The molecule has 1 atom stereocenters. The molecule has 0 spiro atoms. The predicted molar refractivity (Wildman–Crippen MR) is 52.0 cm³/mol. The van der Waals surface area contributed by atoms with E-state index in [4.69, 9.17) is 4.74 Å². The molecule has 0 aromatic heterocycles. The van der Waals surface area contributed by atoms with Crippen molar-refractivity contribution in [2.24, 2.45) is 0 Å². The van der Waals surface area contributed by atoms with E-state index in [9.17, 15) is 0 Å². The van der Waals surface area contributed by atoms with Crippen molar-refractivity contribution in [2.45, 2.75) is 32.7 Å². The monoisotopic (exact) mass is 169 g/mol. The highest BCUT2D eigenvalue weighted by Crippen LogP contribution is 1.91. The average Bonchev–Trinajstić information content (AvgIpc) is 2.10. The molecule has 70 valence electrons. The van der Waals surface area contributed by atoms with Gasteiger partial charge in [-0.25, -0.2) is 0 Å². The lowest BCUT2D eigenvalue weighted by Crippen LogP contribution is -2.33. The molecule has 0 aliphatic rings. The van der Waals surface area contributed by atoms with Crippen molar-refractivity contribution >= 4 is 0 Å². The normalized spacial score (nSPS) is 11.9. The molecule has 0 heterocycles. The first-order valence-corrected chi connectivity index (χ1v) is 4.47. The Morgan fingerprint density at radius 2 is 2.25 bits per heavy atom. The van der Waals surface area contributed by atoms with Gasteiger partial charge in [-0.3, -0.25) is 0 Å². The third-order valence-electron chi connectivity index (χ3n) is 1.58. The van der Waals surface area contributed by atoms with E-state index in [-0.39, 0.29) is 0 Å². The van der Waals surface area contributed by atoms with Crippen LogP contribution in [0, 0.1) is 11.8 Å². The highest BCUT2D eigenvalue weighted by atomic mass is 16.5. The lowest BCUT2D eigenvalue weighted by molar-refractivity contribution is 0.168. The number of rotatable bonds is 6. The van der Waals surface area contributed by atoms with Crippen LogP contribution in [-0.4, -0.2) is 26.3 Å². The third-order valence-corrected chi connectivity index (χ3v) is 1.58. The molecule has 0 saturated heterocycles. The van der Waals surface area contributed by atoms with Crippen LogP contribution < -0.4 is 5.32 Å². The van der Waals surface area contributed by atoms with Crippen LogP contribution in [0.4, 0.5) is 0 Å². The Morgan fingerprint density at radius 1 is 1.50 bits per heavy atom.